The first-order chi connectivity index (χ1) is 15.7. The number of ether oxygens (including phenoxy) is 4. The zero-order valence-electron chi connectivity index (χ0n) is 19.8. The molecule has 0 atom stereocenters. The summed E-state index contributed by atoms with van der Waals surface area (Å²) in [6.45, 7) is 9.73. The number of hydrogen-bond donors (Lipinski definition) is 3. The molecule has 0 aliphatic rings. The van der Waals surface area contributed by atoms with Gasteiger partial charge < -0.3 is 34.7 Å². The van der Waals surface area contributed by atoms with Crippen LogP contribution in [0.5, 0.6) is 0 Å². The Bertz CT molecular complexity index is 711. The number of carbonyl (C=O) groups is 2. The quantitative estimate of drug-likeness (QED) is 0.297. The van der Waals surface area contributed by atoms with Crippen molar-refractivity contribution in [2.75, 3.05) is 52.7 Å². The van der Waals surface area contributed by atoms with Gasteiger partial charge in [0.15, 0.2) is 0 Å². The number of amides is 1. The van der Waals surface area contributed by atoms with Crippen molar-refractivity contribution >= 4 is 12.1 Å². The van der Waals surface area contributed by atoms with Gasteiger partial charge in [-0.15, -0.1) is 0 Å². The van der Waals surface area contributed by atoms with E-state index >= 15 is 0 Å². The largest absolute Gasteiger partial charge is 0.478 e. The summed E-state index contributed by atoms with van der Waals surface area (Å²) in [5.74, 6) is -1.51. The summed E-state index contributed by atoms with van der Waals surface area (Å²) in [5, 5.41) is 14.7. The predicted molar refractivity (Wildman–Crippen MR) is 121 cm³/mol. The molecule has 0 saturated heterocycles. The number of benzene rings is 1. The second-order valence-electron chi connectivity index (χ2n) is 8.26. The highest BCUT2D eigenvalue weighted by atomic mass is 19.1. The lowest BCUT2D eigenvalue weighted by atomic mass is 10.1. The summed E-state index contributed by atoms with van der Waals surface area (Å²) < 4.78 is 35.1. The maximum atomic E-state index is 13.7. The molecular weight excluding hydrogens is 435 g/mol. The highest BCUT2D eigenvalue weighted by Gasteiger charge is 2.15. The number of carboxylic acid groups (broad SMARTS) is 1. The molecule has 3 N–H and O–H groups in total. The van der Waals surface area contributed by atoms with Crippen LogP contribution in [0.25, 0.3) is 0 Å². The van der Waals surface area contributed by atoms with E-state index in [1.807, 2.05) is 20.8 Å². The standard InChI is InChI=1S/C23H37FN2O7/c1-23(2,3)33-22(29)26-9-5-11-31-13-15-32-14-12-30-10-4-8-25-17-19-16-18(21(27)28)6-7-20(19)24/h6-7,16,25H,4-5,8-15,17H2,1-3H3,(H,26,29)(H,27,28). The molecule has 1 aromatic carbocycles. The molecule has 1 aromatic rings. The van der Waals surface area contributed by atoms with E-state index in [-0.39, 0.29) is 12.1 Å². The van der Waals surface area contributed by atoms with Crippen LogP contribution in [0.4, 0.5) is 9.18 Å². The molecule has 0 unspecified atom stereocenters. The van der Waals surface area contributed by atoms with Crippen molar-refractivity contribution in [1.82, 2.24) is 10.6 Å². The molecule has 0 bridgehead atoms. The molecule has 33 heavy (non-hydrogen) atoms. The van der Waals surface area contributed by atoms with E-state index in [0.29, 0.717) is 64.7 Å². The lowest BCUT2D eigenvalue weighted by molar-refractivity contribution is 0.0136. The average molecular weight is 473 g/mol. The third-order valence-electron chi connectivity index (χ3n) is 4.13. The van der Waals surface area contributed by atoms with E-state index in [1.54, 1.807) is 0 Å². The van der Waals surface area contributed by atoms with E-state index in [9.17, 15) is 14.0 Å². The van der Waals surface area contributed by atoms with Crippen molar-refractivity contribution in [3.05, 3.63) is 35.1 Å². The molecule has 0 radical (unpaired) electrons. The first kappa shape index (κ1) is 28.8. The Hall–Kier alpha value is -2.27. The van der Waals surface area contributed by atoms with Crippen LogP contribution in [-0.4, -0.2) is 75.5 Å². The number of halogens is 1. The maximum absolute atomic E-state index is 13.7. The molecule has 1 rings (SSSR count). The van der Waals surface area contributed by atoms with Crippen molar-refractivity contribution in [2.24, 2.45) is 0 Å². The molecule has 188 valence electrons. The molecule has 10 heteroatoms. The number of aromatic carboxylic acids is 1. The molecule has 0 saturated carbocycles. The summed E-state index contributed by atoms with van der Waals surface area (Å²) >= 11 is 0. The van der Waals surface area contributed by atoms with E-state index in [1.165, 1.54) is 18.2 Å². The molecular formula is C23H37FN2O7. The van der Waals surface area contributed by atoms with Gasteiger partial charge in [-0.1, -0.05) is 0 Å². The fraction of sp³-hybridized carbons (Fsp3) is 0.652. The van der Waals surface area contributed by atoms with Gasteiger partial charge in [-0.3, -0.25) is 0 Å². The third kappa shape index (κ3) is 15.2. The molecule has 0 aromatic heterocycles. The van der Waals surface area contributed by atoms with Crippen molar-refractivity contribution in [3.8, 4) is 0 Å². The van der Waals surface area contributed by atoms with Crippen LogP contribution in [0.2, 0.25) is 0 Å². The Morgan fingerprint density at radius 3 is 2.09 bits per heavy atom. The van der Waals surface area contributed by atoms with Crippen molar-refractivity contribution < 1.29 is 38.0 Å². The van der Waals surface area contributed by atoms with Gasteiger partial charge in [0.2, 0.25) is 0 Å². The molecule has 0 heterocycles. The van der Waals surface area contributed by atoms with Crippen molar-refractivity contribution in [1.29, 1.82) is 0 Å². The first-order valence-electron chi connectivity index (χ1n) is 11.1. The second-order valence-corrected chi connectivity index (χ2v) is 8.26. The van der Waals surface area contributed by atoms with Crippen LogP contribution >= 0.6 is 0 Å². The van der Waals surface area contributed by atoms with Gasteiger partial charge in [-0.2, -0.15) is 0 Å². The third-order valence-corrected chi connectivity index (χ3v) is 4.13. The number of hydrogen-bond acceptors (Lipinski definition) is 7. The molecule has 0 spiro atoms. The molecule has 0 fully saturated rings. The first-order valence-corrected chi connectivity index (χ1v) is 11.1. The SMILES string of the molecule is CC(C)(C)OC(=O)NCCCOCCOCCOCCCNCc1cc(C(=O)O)ccc1F. The second kappa shape index (κ2) is 16.4. The Labute approximate surface area is 194 Å². The topological polar surface area (TPSA) is 115 Å². The van der Waals surface area contributed by atoms with Crippen LogP contribution in [0.1, 0.15) is 49.5 Å². The van der Waals surface area contributed by atoms with Gasteiger partial charge in [-0.25, -0.2) is 14.0 Å². The van der Waals surface area contributed by atoms with Crippen LogP contribution in [-0.2, 0) is 25.5 Å². The minimum atomic E-state index is -1.08. The lowest BCUT2D eigenvalue weighted by Crippen LogP contribution is -2.33. The van der Waals surface area contributed by atoms with Crippen LogP contribution in [0.15, 0.2) is 18.2 Å². The Balaban J connectivity index is 1.87. The minimum absolute atomic E-state index is 0.0668. The van der Waals surface area contributed by atoms with Crippen LogP contribution < -0.4 is 10.6 Å². The zero-order chi connectivity index (χ0) is 24.5. The molecule has 0 aliphatic heterocycles. The number of alkyl carbamates (subject to hydrolysis) is 1. The van der Waals surface area contributed by atoms with Gasteiger partial charge in [0, 0.05) is 31.9 Å². The summed E-state index contributed by atoms with van der Waals surface area (Å²) in [6.07, 6.45) is 0.996. The van der Waals surface area contributed by atoms with Gasteiger partial charge >= 0.3 is 12.1 Å². The summed E-state index contributed by atoms with van der Waals surface area (Å²) in [4.78, 5) is 22.4. The normalized spacial score (nSPS) is 11.4. The van der Waals surface area contributed by atoms with E-state index in [0.717, 1.165) is 6.42 Å². The maximum Gasteiger partial charge on any atom is 0.407 e. The van der Waals surface area contributed by atoms with E-state index in [2.05, 4.69) is 10.6 Å². The summed E-state index contributed by atoms with van der Waals surface area (Å²) in [6, 6.07) is 3.75. The fourth-order valence-corrected chi connectivity index (χ4v) is 2.59. The monoisotopic (exact) mass is 472 g/mol. The van der Waals surface area contributed by atoms with Crippen molar-refractivity contribution in [2.45, 2.75) is 45.8 Å². The highest BCUT2D eigenvalue weighted by Crippen LogP contribution is 2.10. The molecule has 1 amide bonds. The van der Waals surface area contributed by atoms with Crippen molar-refractivity contribution in [3.63, 3.8) is 0 Å². The number of nitrogens with one attached hydrogen (secondary N) is 2. The van der Waals surface area contributed by atoms with Gasteiger partial charge in [0.25, 0.3) is 0 Å². The predicted octanol–water partition coefficient (Wildman–Crippen LogP) is 2.97. The Kier molecular flexibility index (Phi) is 14.3. The average Bonchev–Trinajstić information content (AvgIpc) is 2.73. The van der Waals surface area contributed by atoms with Crippen LogP contribution in [0, 0.1) is 5.82 Å². The number of carbonyl (C=O) groups excluding carboxylic acids is 1. The minimum Gasteiger partial charge on any atom is -0.478 e. The van der Waals surface area contributed by atoms with Gasteiger partial charge in [0.1, 0.15) is 11.4 Å². The number of rotatable bonds is 17. The van der Waals surface area contributed by atoms with E-state index in [4.69, 9.17) is 24.1 Å². The lowest BCUT2D eigenvalue weighted by Gasteiger charge is -2.19. The van der Waals surface area contributed by atoms with Gasteiger partial charge in [-0.05, 0) is 58.4 Å². The molecule has 9 nitrogen and oxygen atoms in total. The highest BCUT2D eigenvalue weighted by molar-refractivity contribution is 5.87. The zero-order valence-corrected chi connectivity index (χ0v) is 19.8. The smallest absolute Gasteiger partial charge is 0.407 e. The fourth-order valence-electron chi connectivity index (χ4n) is 2.59. The summed E-state index contributed by atoms with van der Waals surface area (Å²) in [5.41, 5.74) is -0.111. The Morgan fingerprint density at radius 1 is 0.939 bits per heavy atom. The summed E-state index contributed by atoms with van der Waals surface area (Å²) in [7, 11) is 0. The van der Waals surface area contributed by atoms with Crippen LogP contribution in [0.3, 0.4) is 0 Å². The van der Waals surface area contributed by atoms with E-state index < -0.39 is 23.5 Å². The molecule has 0 aliphatic carbocycles. The van der Waals surface area contributed by atoms with Gasteiger partial charge in [0.05, 0.1) is 32.0 Å². The Morgan fingerprint density at radius 2 is 1.52 bits per heavy atom. The number of carboxylic acids is 1.